The number of nitrogens with one attached hydrogen (secondary N) is 1. The van der Waals surface area contributed by atoms with E-state index in [1.807, 2.05) is 0 Å². The molecule has 3 rings (SSSR count). The molecular weight excluding hydrogens is 350 g/mol. The number of nitrogens with zero attached hydrogens (tertiary/aromatic N) is 3. The van der Waals surface area contributed by atoms with E-state index in [0.29, 0.717) is 22.5 Å². The predicted octanol–water partition coefficient (Wildman–Crippen LogP) is 2.38. The molecule has 5 N–H and O–H groups in total. The lowest BCUT2D eigenvalue weighted by molar-refractivity contribution is 0.273. The maximum atomic E-state index is 14.4. The first-order valence-corrected chi connectivity index (χ1v) is 8.32. The van der Waals surface area contributed by atoms with E-state index in [9.17, 15) is 8.78 Å². The van der Waals surface area contributed by atoms with E-state index < -0.39 is 12.0 Å². The minimum atomic E-state index is -0.855. The van der Waals surface area contributed by atoms with Crippen molar-refractivity contribution < 1.29 is 8.78 Å². The SMILES string of the molecule is CN=CC(=CN)c1cc(C(=N)c2ccnc(N3CC(F)C3)c2)c(N)cc1F. The average molecular weight is 370 g/mol. The van der Waals surface area contributed by atoms with E-state index in [0.717, 1.165) is 6.07 Å². The first kappa shape index (κ1) is 18.5. The Morgan fingerprint density at radius 2 is 2.07 bits per heavy atom. The molecule has 0 unspecified atom stereocenters. The van der Waals surface area contributed by atoms with Crippen LogP contribution >= 0.6 is 0 Å². The maximum Gasteiger partial charge on any atom is 0.135 e. The largest absolute Gasteiger partial charge is 0.404 e. The van der Waals surface area contributed by atoms with Crippen molar-refractivity contribution in [2.45, 2.75) is 6.17 Å². The van der Waals surface area contributed by atoms with Crippen LogP contribution < -0.4 is 16.4 Å². The number of allylic oxidation sites excluding steroid dienone is 1. The lowest BCUT2D eigenvalue weighted by atomic mass is 9.96. The number of nitrogens with two attached hydrogens (primary N) is 2. The van der Waals surface area contributed by atoms with Crippen molar-refractivity contribution in [2.75, 3.05) is 30.8 Å². The summed E-state index contributed by atoms with van der Waals surface area (Å²) in [6.07, 6.45) is 3.38. The Kier molecular flexibility index (Phi) is 5.16. The minimum Gasteiger partial charge on any atom is -0.404 e. The first-order valence-electron chi connectivity index (χ1n) is 8.32. The van der Waals surface area contributed by atoms with Crippen molar-refractivity contribution in [1.29, 1.82) is 5.41 Å². The lowest BCUT2D eigenvalue weighted by Gasteiger charge is -2.35. The van der Waals surface area contributed by atoms with E-state index in [2.05, 4.69) is 9.98 Å². The molecular formula is C19H20F2N6. The zero-order chi connectivity index (χ0) is 19.6. The molecule has 0 bridgehead atoms. The third-order valence-corrected chi connectivity index (χ3v) is 4.36. The molecule has 1 aliphatic heterocycles. The first-order chi connectivity index (χ1) is 12.9. The van der Waals surface area contributed by atoms with Gasteiger partial charge in [0.15, 0.2) is 0 Å². The van der Waals surface area contributed by atoms with E-state index in [1.165, 1.54) is 18.5 Å². The van der Waals surface area contributed by atoms with Gasteiger partial charge in [-0.1, -0.05) is 0 Å². The summed E-state index contributed by atoms with van der Waals surface area (Å²) in [5.74, 6) is 0.0401. The Labute approximate surface area is 155 Å². The summed E-state index contributed by atoms with van der Waals surface area (Å²) in [6.45, 7) is 0.571. The van der Waals surface area contributed by atoms with Gasteiger partial charge in [0, 0.05) is 53.6 Å². The molecule has 140 valence electrons. The van der Waals surface area contributed by atoms with Gasteiger partial charge in [-0.25, -0.2) is 13.8 Å². The van der Waals surface area contributed by atoms with Crippen LogP contribution in [0.15, 0.2) is 41.7 Å². The highest BCUT2D eigenvalue weighted by Gasteiger charge is 2.27. The predicted molar refractivity (Wildman–Crippen MR) is 105 cm³/mol. The number of aromatic nitrogens is 1. The number of aliphatic imine (C=N–C) groups is 1. The van der Waals surface area contributed by atoms with Crippen LogP contribution in [0.3, 0.4) is 0 Å². The van der Waals surface area contributed by atoms with Crippen LogP contribution in [-0.2, 0) is 0 Å². The van der Waals surface area contributed by atoms with Gasteiger partial charge in [0.05, 0.1) is 18.8 Å². The van der Waals surface area contributed by atoms with Gasteiger partial charge in [-0.15, -0.1) is 0 Å². The fourth-order valence-electron chi connectivity index (χ4n) is 2.88. The second-order valence-electron chi connectivity index (χ2n) is 6.21. The van der Waals surface area contributed by atoms with Crippen molar-refractivity contribution in [1.82, 2.24) is 4.98 Å². The fraction of sp³-hybridized carbons (Fsp3) is 0.211. The Morgan fingerprint density at radius 3 is 2.70 bits per heavy atom. The minimum absolute atomic E-state index is 0.111. The number of hydrogen-bond donors (Lipinski definition) is 3. The van der Waals surface area contributed by atoms with Gasteiger partial charge in [0.25, 0.3) is 0 Å². The Bertz CT molecular complexity index is 932. The summed E-state index contributed by atoms with van der Waals surface area (Å²) in [5.41, 5.74) is 13.3. The second-order valence-corrected chi connectivity index (χ2v) is 6.21. The van der Waals surface area contributed by atoms with Crippen LogP contribution in [0.25, 0.3) is 5.57 Å². The molecule has 1 aromatic heterocycles. The number of nitrogen functional groups attached to an aromatic ring is 1. The number of rotatable bonds is 5. The standard InChI is InChI=1S/C19H20F2N6/c1-25-8-12(7-22)14-5-15(17(23)6-16(14)21)19(24)11-2-3-26-18(4-11)27-9-13(20)10-27/h2-8,13,24H,9-10,22-23H2,1H3. The zero-order valence-corrected chi connectivity index (χ0v) is 14.8. The second kappa shape index (κ2) is 7.53. The third-order valence-electron chi connectivity index (χ3n) is 4.36. The molecule has 0 spiro atoms. The molecule has 1 fully saturated rings. The molecule has 0 atom stereocenters. The summed E-state index contributed by atoms with van der Waals surface area (Å²) in [6, 6.07) is 6.00. The molecule has 1 aliphatic rings. The highest BCUT2D eigenvalue weighted by atomic mass is 19.1. The number of anilines is 2. The van der Waals surface area contributed by atoms with Crippen LogP contribution in [0.1, 0.15) is 16.7 Å². The van der Waals surface area contributed by atoms with Crippen LogP contribution in [-0.4, -0.2) is 43.2 Å². The molecule has 0 amide bonds. The van der Waals surface area contributed by atoms with E-state index in [1.54, 1.807) is 30.3 Å². The van der Waals surface area contributed by atoms with Crippen molar-refractivity contribution in [2.24, 2.45) is 10.7 Å². The fourth-order valence-corrected chi connectivity index (χ4v) is 2.88. The molecule has 2 heterocycles. The monoisotopic (exact) mass is 370 g/mol. The summed E-state index contributed by atoms with van der Waals surface area (Å²) in [4.78, 5) is 9.87. The summed E-state index contributed by atoms with van der Waals surface area (Å²) in [5, 5.41) is 8.52. The Balaban J connectivity index is 1.98. The van der Waals surface area contributed by atoms with Crippen molar-refractivity contribution >= 4 is 29.0 Å². The van der Waals surface area contributed by atoms with Gasteiger partial charge < -0.3 is 16.4 Å². The number of alkyl halides is 1. The number of halogens is 2. The average Bonchev–Trinajstić information content (AvgIpc) is 2.63. The quantitative estimate of drug-likeness (QED) is 0.555. The highest BCUT2D eigenvalue weighted by Crippen LogP contribution is 2.27. The van der Waals surface area contributed by atoms with Gasteiger partial charge in [-0.3, -0.25) is 10.4 Å². The zero-order valence-electron chi connectivity index (χ0n) is 14.8. The van der Waals surface area contributed by atoms with E-state index in [4.69, 9.17) is 16.9 Å². The molecule has 0 aliphatic carbocycles. The number of pyridine rings is 1. The Hall–Kier alpha value is -3.29. The number of benzene rings is 1. The van der Waals surface area contributed by atoms with Crippen LogP contribution in [0.5, 0.6) is 0 Å². The van der Waals surface area contributed by atoms with Crippen LogP contribution in [0, 0.1) is 11.2 Å². The maximum absolute atomic E-state index is 14.4. The van der Waals surface area contributed by atoms with Crippen LogP contribution in [0.2, 0.25) is 0 Å². The normalized spacial score (nSPS) is 15.2. The number of hydrogen-bond acceptors (Lipinski definition) is 6. The van der Waals surface area contributed by atoms with Gasteiger partial charge >= 0.3 is 0 Å². The lowest BCUT2D eigenvalue weighted by Crippen LogP contribution is -2.48. The smallest absolute Gasteiger partial charge is 0.135 e. The van der Waals surface area contributed by atoms with Gasteiger partial charge in [0.1, 0.15) is 17.8 Å². The topological polar surface area (TPSA) is 104 Å². The van der Waals surface area contributed by atoms with E-state index in [-0.39, 0.29) is 30.1 Å². The molecule has 27 heavy (non-hydrogen) atoms. The molecule has 1 saturated heterocycles. The molecule has 1 aromatic carbocycles. The molecule has 0 saturated carbocycles. The highest BCUT2D eigenvalue weighted by molar-refractivity contribution is 6.16. The molecule has 2 aromatic rings. The van der Waals surface area contributed by atoms with E-state index >= 15 is 0 Å². The summed E-state index contributed by atoms with van der Waals surface area (Å²) in [7, 11) is 1.55. The van der Waals surface area contributed by atoms with Gasteiger partial charge in [0.2, 0.25) is 0 Å². The van der Waals surface area contributed by atoms with Crippen molar-refractivity contribution in [3.05, 3.63) is 59.2 Å². The molecule has 8 heteroatoms. The molecule has 6 nitrogen and oxygen atoms in total. The van der Waals surface area contributed by atoms with Crippen LogP contribution in [0.4, 0.5) is 20.3 Å². The van der Waals surface area contributed by atoms with Gasteiger partial charge in [-0.05, 0) is 24.3 Å². The molecule has 0 radical (unpaired) electrons. The van der Waals surface area contributed by atoms with Crippen molar-refractivity contribution in [3.8, 4) is 0 Å². The summed E-state index contributed by atoms with van der Waals surface area (Å²) < 4.78 is 27.5. The van der Waals surface area contributed by atoms with Gasteiger partial charge in [-0.2, -0.15) is 0 Å². The summed E-state index contributed by atoms with van der Waals surface area (Å²) >= 11 is 0. The third kappa shape index (κ3) is 3.64. The Morgan fingerprint density at radius 1 is 1.33 bits per heavy atom. The van der Waals surface area contributed by atoms with Crippen molar-refractivity contribution in [3.63, 3.8) is 0 Å².